The molecule has 4 aliphatic heterocycles. The topological polar surface area (TPSA) is 19.0 Å². The Hall–Kier alpha value is -8.20. The molecule has 350 valence electrons. The van der Waals surface area contributed by atoms with Crippen molar-refractivity contribution >= 4 is 74.3 Å². The lowest BCUT2D eigenvalue weighted by atomic mass is 9.32. The molecular formula is C67H58BN3O. The van der Waals surface area contributed by atoms with Crippen molar-refractivity contribution < 1.29 is 4.74 Å². The molecule has 0 atom stereocenters. The zero-order chi connectivity index (χ0) is 49.5. The largest absolute Gasteiger partial charge is 0.457 e. The molecule has 1 spiro atoms. The number of anilines is 9. The van der Waals surface area contributed by atoms with E-state index in [1.165, 1.54) is 61.4 Å². The first-order valence-corrected chi connectivity index (χ1v) is 25.3. The van der Waals surface area contributed by atoms with Gasteiger partial charge in [-0.2, -0.15) is 0 Å². The standard InChI is InChI=1S/C63H52BN3O.C4H6/c1-61(2,3)41-32-35-45(36-33-41)66-54-37-34-42(62(4,5)6)38-52(54)64-51-28-19-27-50-60(51)67(56-40-46(39-55(66)59(56)64)65(43-20-9-7-10-21-43)44-22-11-8-12-23-44)53-29-16-13-24-47(53)63(50)48-25-14-17-30-57(48)68-58-31-18-15-26-49(58)63;1-3-4-2/h7-40H,1-6H3;1-2H3. The molecule has 0 radical (unpaired) electrons. The Morgan fingerprint density at radius 1 is 0.431 bits per heavy atom. The summed E-state index contributed by atoms with van der Waals surface area (Å²) >= 11 is 0. The molecule has 4 aliphatic rings. The summed E-state index contributed by atoms with van der Waals surface area (Å²) in [5, 5.41) is 0. The molecule has 72 heavy (non-hydrogen) atoms. The third-order valence-corrected chi connectivity index (χ3v) is 15.2. The average Bonchev–Trinajstić information content (AvgIpc) is 3.40. The van der Waals surface area contributed by atoms with E-state index in [-0.39, 0.29) is 17.5 Å². The number of fused-ring (bicyclic) bond motifs is 12. The summed E-state index contributed by atoms with van der Waals surface area (Å²) in [6.45, 7) is 17.5. The molecule has 0 unspecified atom stereocenters. The SMILES string of the molecule is CC#CC.CC(C)(C)c1ccc(N2c3ccc(C(C)(C)C)cc3B3c4cccc5c4N(c4ccccc4C54c5ccccc5Oc5ccccc54)c4cc(N(c5ccccc5)c5ccccc5)cc2c43)cc1. The van der Waals surface area contributed by atoms with Gasteiger partial charge in [-0.3, -0.25) is 0 Å². The predicted molar refractivity (Wildman–Crippen MR) is 304 cm³/mol. The van der Waals surface area contributed by atoms with Gasteiger partial charge in [-0.25, -0.2) is 0 Å². The van der Waals surface area contributed by atoms with Crippen molar-refractivity contribution in [2.75, 3.05) is 14.7 Å². The molecule has 4 heterocycles. The van der Waals surface area contributed by atoms with Crippen LogP contribution in [-0.2, 0) is 16.2 Å². The smallest absolute Gasteiger partial charge is 0.252 e. The Labute approximate surface area is 426 Å². The van der Waals surface area contributed by atoms with E-state index in [2.05, 4.69) is 274 Å². The highest BCUT2D eigenvalue weighted by molar-refractivity contribution is 7.00. The van der Waals surface area contributed by atoms with E-state index in [1.807, 2.05) is 13.8 Å². The minimum absolute atomic E-state index is 0.0158. The van der Waals surface area contributed by atoms with Crippen molar-refractivity contribution in [1.29, 1.82) is 0 Å². The van der Waals surface area contributed by atoms with Gasteiger partial charge in [0, 0.05) is 50.9 Å². The van der Waals surface area contributed by atoms with Gasteiger partial charge in [0.05, 0.1) is 16.8 Å². The molecule has 0 saturated heterocycles. The molecular weight excluding hydrogens is 874 g/mol. The van der Waals surface area contributed by atoms with Crippen LogP contribution in [0.2, 0.25) is 0 Å². The van der Waals surface area contributed by atoms with Crippen molar-refractivity contribution in [1.82, 2.24) is 0 Å². The molecule has 0 aromatic heterocycles. The highest BCUT2D eigenvalue weighted by Gasteiger charge is 2.55. The maximum Gasteiger partial charge on any atom is 0.252 e. The molecule has 0 bridgehead atoms. The van der Waals surface area contributed by atoms with Gasteiger partial charge < -0.3 is 19.4 Å². The Kier molecular flexibility index (Phi) is 10.6. The summed E-state index contributed by atoms with van der Waals surface area (Å²) in [5.74, 6) is 7.14. The molecule has 9 aromatic rings. The highest BCUT2D eigenvalue weighted by Crippen LogP contribution is 2.63. The number of para-hydroxylation sites is 6. The Balaban J connectivity index is 0.00000128. The number of nitrogens with zero attached hydrogens (tertiary/aromatic N) is 3. The van der Waals surface area contributed by atoms with Crippen LogP contribution in [0.1, 0.15) is 88.8 Å². The van der Waals surface area contributed by atoms with E-state index in [0.29, 0.717) is 0 Å². The maximum atomic E-state index is 6.83. The summed E-state index contributed by atoms with van der Waals surface area (Å²) in [6.07, 6.45) is 0. The normalized spacial score (nSPS) is 13.9. The van der Waals surface area contributed by atoms with E-state index < -0.39 is 5.41 Å². The quantitative estimate of drug-likeness (QED) is 0.129. The van der Waals surface area contributed by atoms with Gasteiger partial charge in [0.1, 0.15) is 11.5 Å². The summed E-state index contributed by atoms with van der Waals surface area (Å²) in [6, 6.07) is 76.9. The molecule has 0 aliphatic carbocycles. The van der Waals surface area contributed by atoms with Crippen LogP contribution in [0.25, 0.3) is 0 Å². The summed E-state index contributed by atoms with van der Waals surface area (Å²) in [7, 11) is 0. The van der Waals surface area contributed by atoms with E-state index in [9.17, 15) is 0 Å². The van der Waals surface area contributed by atoms with Gasteiger partial charge in [0.15, 0.2) is 0 Å². The van der Waals surface area contributed by atoms with Crippen LogP contribution in [0.5, 0.6) is 11.5 Å². The molecule has 0 N–H and O–H groups in total. The maximum absolute atomic E-state index is 6.83. The highest BCUT2D eigenvalue weighted by atomic mass is 16.5. The number of ether oxygens (including phenoxy) is 1. The van der Waals surface area contributed by atoms with Gasteiger partial charge in [0.2, 0.25) is 0 Å². The van der Waals surface area contributed by atoms with Gasteiger partial charge in [0.25, 0.3) is 6.71 Å². The first kappa shape index (κ1) is 45.0. The third kappa shape index (κ3) is 6.84. The van der Waals surface area contributed by atoms with Gasteiger partial charge in [-0.15, -0.1) is 11.8 Å². The first-order chi connectivity index (χ1) is 34.9. The van der Waals surface area contributed by atoms with Crippen LogP contribution in [-0.4, -0.2) is 6.71 Å². The zero-order valence-corrected chi connectivity index (χ0v) is 42.5. The fourth-order valence-corrected chi connectivity index (χ4v) is 11.9. The van der Waals surface area contributed by atoms with E-state index in [1.54, 1.807) is 0 Å². The van der Waals surface area contributed by atoms with Crippen molar-refractivity contribution in [3.05, 3.63) is 240 Å². The number of benzene rings is 9. The fraction of sp³-hybridized carbons (Fsp3) is 0.164. The predicted octanol–water partition coefficient (Wildman–Crippen LogP) is 15.7. The van der Waals surface area contributed by atoms with Crippen molar-refractivity contribution in [3.63, 3.8) is 0 Å². The molecule has 9 aromatic carbocycles. The third-order valence-electron chi connectivity index (χ3n) is 15.2. The lowest BCUT2D eigenvalue weighted by Crippen LogP contribution is -2.62. The zero-order valence-electron chi connectivity index (χ0n) is 42.5. The molecule has 0 fully saturated rings. The van der Waals surface area contributed by atoms with Crippen molar-refractivity contribution in [3.8, 4) is 23.3 Å². The summed E-state index contributed by atoms with van der Waals surface area (Å²) in [4.78, 5) is 7.60. The number of hydrogen-bond donors (Lipinski definition) is 0. The Morgan fingerprint density at radius 2 is 0.944 bits per heavy atom. The lowest BCUT2D eigenvalue weighted by molar-refractivity contribution is 0.434. The minimum atomic E-state index is -0.659. The molecule has 5 heteroatoms. The molecule has 0 saturated carbocycles. The molecule has 13 rings (SSSR count). The fourth-order valence-electron chi connectivity index (χ4n) is 11.9. The van der Waals surface area contributed by atoms with Crippen LogP contribution in [0, 0.1) is 11.8 Å². The van der Waals surface area contributed by atoms with Crippen LogP contribution < -0.4 is 35.8 Å². The van der Waals surface area contributed by atoms with Crippen LogP contribution in [0.3, 0.4) is 0 Å². The van der Waals surface area contributed by atoms with Crippen LogP contribution in [0.4, 0.5) is 51.2 Å². The van der Waals surface area contributed by atoms with E-state index in [4.69, 9.17) is 4.74 Å². The summed E-state index contributed by atoms with van der Waals surface area (Å²) in [5.41, 5.74) is 21.0. The Bertz CT molecular complexity index is 3540. The second kappa shape index (κ2) is 17.0. The van der Waals surface area contributed by atoms with Crippen LogP contribution >= 0.6 is 0 Å². The van der Waals surface area contributed by atoms with E-state index in [0.717, 1.165) is 51.1 Å². The van der Waals surface area contributed by atoms with Crippen molar-refractivity contribution in [2.45, 2.75) is 71.6 Å². The minimum Gasteiger partial charge on any atom is -0.457 e. The monoisotopic (exact) mass is 931 g/mol. The van der Waals surface area contributed by atoms with Gasteiger partial charge in [-0.05, 0) is 136 Å². The van der Waals surface area contributed by atoms with Gasteiger partial charge in [-0.1, -0.05) is 175 Å². The molecule has 0 amide bonds. The lowest BCUT2D eigenvalue weighted by Gasteiger charge is -2.52. The van der Waals surface area contributed by atoms with Gasteiger partial charge >= 0.3 is 0 Å². The Morgan fingerprint density at radius 3 is 1.53 bits per heavy atom. The van der Waals surface area contributed by atoms with E-state index >= 15 is 0 Å². The van der Waals surface area contributed by atoms with Crippen LogP contribution in [0.15, 0.2) is 206 Å². The molecule has 4 nitrogen and oxygen atoms in total. The second-order valence-corrected chi connectivity index (χ2v) is 21.4. The first-order valence-electron chi connectivity index (χ1n) is 25.3. The second-order valence-electron chi connectivity index (χ2n) is 21.4. The number of hydrogen-bond acceptors (Lipinski definition) is 4. The summed E-state index contributed by atoms with van der Waals surface area (Å²) < 4.78 is 6.83. The van der Waals surface area contributed by atoms with Crippen molar-refractivity contribution in [2.24, 2.45) is 0 Å². The average molecular weight is 932 g/mol. The number of rotatable bonds is 4.